The van der Waals surface area contributed by atoms with Gasteiger partial charge in [0.05, 0.1) is 0 Å². The number of esters is 1. The average Bonchev–Trinajstić information content (AvgIpc) is 2.10. The molecule has 2 atom stereocenters. The van der Waals surface area contributed by atoms with Crippen LogP contribution in [0.15, 0.2) is 0 Å². The van der Waals surface area contributed by atoms with Crippen LogP contribution < -0.4 is 5.73 Å². The highest BCUT2D eigenvalue weighted by molar-refractivity contribution is 5.66. The molecule has 4 saturated carbocycles. The van der Waals surface area contributed by atoms with E-state index in [1.165, 1.54) is 19.8 Å². The van der Waals surface area contributed by atoms with Crippen molar-refractivity contribution in [3.63, 3.8) is 0 Å². The number of hydrogen-bond donors (Lipinski definition) is 1. The van der Waals surface area contributed by atoms with E-state index in [2.05, 4.69) is 0 Å². The molecule has 0 amide bonds. The topological polar surface area (TPSA) is 52.3 Å². The first-order valence-electron chi connectivity index (χ1n) is 6.03. The van der Waals surface area contributed by atoms with Crippen molar-refractivity contribution in [1.82, 2.24) is 0 Å². The summed E-state index contributed by atoms with van der Waals surface area (Å²) in [7, 11) is 0. The van der Waals surface area contributed by atoms with E-state index < -0.39 is 0 Å². The highest BCUT2D eigenvalue weighted by atomic mass is 16.6. The highest BCUT2D eigenvalue weighted by Gasteiger charge is 2.56. The zero-order chi connectivity index (χ0) is 10.6. The van der Waals surface area contributed by atoms with E-state index in [1.54, 1.807) is 0 Å². The lowest BCUT2D eigenvalue weighted by molar-refractivity contribution is -0.186. The van der Waals surface area contributed by atoms with Crippen LogP contribution in [0.1, 0.15) is 39.0 Å². The third-order valence-corrected chi connectivity index (χ3v) is 4.65. The lowest BCUT2D eigenvalue weighted by Gasteiger charge is -2.58. The molecule has 4 bridgehead atoms. The third kappa shape index (κ3) is 1.40. The van der Waals surface area contributed by atoms with Crippen molar-refractivity contribution in [3.8, 4) is 0 Å². The van der Waals surface area contributed by atoms with Gasteiger partial charge in [-0.25, -0.2) is 0 Å². The summed E-state index contributed by atoms with van der Waals surface area (Å²) >= 11 is 0. The van der Waals surface area contributed by atoms with Gasteiger partial charge < -0.3 is 10.5 Å². The van der Waals surface area contributed by atoms with Crippen LogP contribution in [0.25, 0.3) is 0 Å². The first-order valence-corrected chi connectivity index (χ1v) is 6.03. The summed E-state index contributed by atoms with van der Waals surface area (Å²) in [6.45, 7) is 1.53. The average molecular weight is 209 g/mol. The first-order chi connectivity index (χ1) is 7.08. The maximum atomic E-state index is 11.2. The van der Waals surface area contributed by atoms with Crippen molar-refractivity contribution in [3.05, 3.63) is 0 Å². The summed E-state index contributed by atoms with van der Waals surface area (Å²) < 4.78 is 5.60. The Kier molecular flexibility index (Phi) is 1.91. The Morgan fingerprint density at radius 3 is 2.40 bits per heavy atom. The maximum absolute atomic E-state index is 11.2. The fourth-order valence-electron chi connectivity index (χ4n) is 4.42. The lowest BCUT2D eigenvalue weighted by Crippen LogP contribution is -2.60. The molecule has 0 spiro atoms. The minimum Gasteiger partial charge on any atom is -0.459 e. The number of nitrogens with two attached hydrogens (primary N) is 1. The predicted molar refractivity (Wildman–Crippen MR) is 56.0 cm³/mol. The van der Waals surface area contributed by atoms with Crippen LogP contribution in [0.4, 0.5) is 0 Å². The molecule has 0 aromatic heterocycles. The van der Waals surface area contributed by atoms with Gasteiger partial charge in [-0.1, -0.05) is 0 Å². The van der Waals surface area contributed by atoms with Crippen LogP contribution in [0.2, 0.25) is 0 Å². The molecule has 4 aliphatic carbocycles. The Morgan fingerprint density at radius 2 is 1.87 bits per heavy atom. The second kappa shape index (κ2) is 2.97. The summed E-state index contributed by atoms with van der Waals surface area (Å²) in [6.07, 6.45) is 5.65. The van der Waals surface area contributed by atoms with Crippen molar-refractivity contribution in [1.29, 1.82) is 0 Å². The molecule has 0 aliphatic heterocycles. The zero-order valence-corrected chi connectivity index (χ0v) is 9.24. The van der Waals surface area contributed by atoms with Gasteiger partial charge in [0, 0.05) is 13.0 Å². The maximum Gasteiger partial charge on any atom is 0.303 e. The molecule has 15 heavy (non-hydrogen) atoms. The van der Waals surface area contributed by atoms with Gasteiger partial charge in [-0.15, -0.1) is 0 Å². The van der Waals surface area contributed by atoms with E-state index in [1.807, 2.05) is 0 Å². The minimum atomic E-state index is -0.127. The van der Waals surface area contributed by atoms with Crippen LogP contribution in [0, 0.1) is 17.8 Å². The minimum absolute atomic E-state index is 0.120. The summed E-state index contributed by atoms with van der Waals surface area (Å²) in [5.41, 5.74) is 6.09. The van der Waals surface area contributed by atoms with Gasteiger partial charge >= 0.3 is 5.97 Å². The lowest BCUT2D eigenvalue weighted by atomic mass is 9.52. The second-order valence-electron chi connectivity index (χ2n) is 5.82. The van der Waals surface area contributed by atoms with E-state index in [9.17, 15) is 4.79 Å². The molecule has 0 saturated heterocycles. The molecule has 4 rings (SSSR count). The number of ether oxygens (including phenoxy) is 1. The molecule has 4 aliphatic rings. The number of carbonyl (C=O) groups excluding carboxylic acids is 1. The molecule has 3 heteroatoms. The molecule has 0 unspecified atom stereocenters. The largest absolute Gasteiger partial charge is 0.459 e. The van der Waals surface area contributed by atoms with Gasteiger partial charge in [-0.2, -0.15) is 0 Å². The number of carbonyl (C=O) groups is 1. The van der Waals surface area contributed by atoms with Crippen LogP contribution in [-0.4, -0.2) is 17.6 Å². The van der Waals surface area contributed by atoms with Crippen molar-refractivity contribution >= 4 is 5.97 Å². The Balaban J connectivity index is 1.85. The molecule has 4 fully saturated rings. The van der Waals surface area contributed by atoms with Gasteiger partial charge in [-0.3, -0.25) is 4.79 Å². The highest BCUT2D eigenvalue weighted by Crippen LogP contribution is 2.56. The third-order valence-electron chi connectivity index (χ3n) is 4.65. The molecule has 2 N–H and O–H groups in total. The molecule has 0 radical (unpaired) electrons. The Morgan fingerprint density at radius 1 is 1.27 bits per heavy atom. The van der Waals surface area contributed by atoms with Crippen molar-refractivity contribution in [2.24, 2.45) is 23.5 Å². The quantitative estimate of drug-likeness (QED) is 0.665. The zero-order valence-electron chi connectivity index (χ0n) is 9.24. The van der Waals surface area contributed by atoms with Crippen LogP contribution >= 0.6 is 0 Å². The van der Waals surface area contributed by atoms with Gasteiger partial charge in [0.25, 0.3) is 0 Å². The Bertz CT molecular complexity index is 286. The Labute approximate surface area is 90.4 Å². The van der Waals surface area contributed by atoms with Gasteiger partial charge in [0.2, 0.25) is 0 Å². The van der Waals surface area contributed by atoms with Crippen LogP contribution in [-0.2, 0) is 9.53 Å². The summed E-state index contributed by atoms with van der Waals surface area (Å²) in [4.78, 5) is 11.2. The van der Waals surface area contributed by atoms with Crippen LogP contribution in [0.5, 0.6) is 0 Å². The second-order valence-corrected chi connectivity index (χ2v) is 5.82. The number of hydrogen-bond acceptors (Lipinski definition) is 3. The van der Waals surface area contributed by atoms with Gasteiger partial charge in [0.15, 0.2) is 0 Å². The predicted octanol–water partition coefficient (Wildman–Crippen LogP) is 1.46. The first kappa shape index (κ1) is 9.64. The van der Waals surface area contributed by atoms with Crippen molar-refractivity contribution in [2.75, 3.05) is 0 Å². The van der Waals surface area contributed by atoms with E-state index in [0.29, 0.717) is 17.9 Å². The van der Waals surface area contributed by atoms with E-state index in [0.717, 1.165) is 25.2 Å². The summed E-state index contributed by atoms with van der Waals surface area (Å²) in [6, 6.07) is 0.366. The molecular formula is C12H19NO2. The molecule has 84 valence electrons. The monoisotopic (exact) mass is 209 g/mol. The molecule has 0 aromatic rings. The van der Waals surface area contributed by atoms with Crippen molar-refractivity contribution in [2.45, 2.75) is 50.7 Å². The SMILES string of the molecule is CC(=O)OC12CC3C[C@@H](C1)C(N)[C@@H](C3)C2. The van der Waals surface area contributed by atoms with E-state index >= 15 is 0 Å². The van der Waals surface area contributed by atoms with E-state index in [-0.39, 0.29) is 11.6 Å². The summed E-state index contributed by atoms with van der Waals surface area (Å²) in [5, 5.41) is 0. The molecular weight excluding hydrogens is 190 g/mol. The van der Waals surface area contributed by atoms with Crippen LogP contribution in [0.3, 0.4) is 0 Å². The number of rotatable bonds is 1. The fraction of sp³-hybridized carbons (Fsp3) is 0.917. The molecule has 0 aromatic carbocycles. The standard InChI is InChI=1S/C12H19NO2/c1-7(14)15-12-4-8-2-9(5-12)11(13)10(3-8)6-12/h8-11H,2-6,13H2,1H3/t8?,9-,10-,11?,12?/m0/s1. The van der Waals surface area contributed by atoms with Gasteiger partial charge in [0.1, 0.15) is 5.60 Å². The molecule has 3 nitrogen and oxygen atoms in total. The normalized spacial score (nSPS) is 51.9. The summed E-state index contributed by atoms with van der Waals surface area (Å²) in [5.74, 6) is 1.86. The van der Waals surface area contributed by atoms with E-state index in [4.69, 9.17) is 10.5 Å². The van der Waals surface area contributed by atoms with Gasteiger partial charge in [-0.05, 0) is 49.9 Å². The fourth-order valence-corrected chi connectivity index (χ4v) is 4.42. The van der Waals surface area contributed by atoms with Crippen molar-refractivity contribution < 1.29 is 9.53 Å². The molecule has 0 heterocycles. The Hall–Kier alpha value is -0.570. The smallest absolute Gasteiger partial charge is 0.303 e.